The van der Waals surface area contributed by atoms with E-state index in [0.29, 0.717) is 10.9 Å². The topological polar surface area (TPSA) is 63.4 Å². The van der Waals surface area contributed by atoms with Crippen LogP contribution in [0, 0.1) is 0 Å². The Kier molecular flexibility index (Phi) is 5.18. The number of aromatic nitrogens is 4. The summed E-state index contributed by atoms with van der Waals surface area (Å²) >= 11 is 1.42. The van der Waals surface area contributed by atoms with Crippen LogP contribution in [0.3, 0.4) is 0 Å². The van der Waals surface area contributed by atoms with E-state index in [1.807, 2.05) is 47.4 Å². The molecule has 3 rings (SSSR count). The van der Waals surface area contributed by atoms with E-state index in [4.69, 9.17) is 4.98 Å². The lowest BCUT2D eigenvalue weighted by Gasteiger charge is -2.21. The van der Waals surface area contributed by atoms with Crippen LogP contribution in [0.5, 0.6) is 0 Å². The SMILES string of the molecule is CCN(CC)C(=O)CSc1nnc2c3ccccc3nc(C(C)(C)C)n12. The average molecular weight is 372 g/mol. The molecule has 138 valence electrons. The van der Waals surface area contributed by atoms with E-state index in [9.17, 15) is 4.79 Å². The van der Waals surface area contributed by atoms with Gasteiger partial charge in [-0.15, -0.1) is 10.2 Å². The Morgan fingerprint density at radius 1 is 1.15 bits per heavy atom. The van der Waals surface area contributed by atoms with Crippen molar-refractivity contribution in [2.45, 2.75) is 45.2 Å². The van der Waals surface area contributed by atoms with Gasteiger partial charge in [0.15, 0.2) is 10.8 Å². The summed E-state index contributed by atoms with van der Waals surface area (Å²) in [4.78, 5) is 19.1. The molecule has 0 unspecified atom stereocenters. The number of nitrogens with zero attached hydrogens (tertiary/aromatic N) is 5. The predicted molar refractivity (Wildman–Crippen MR) is 106 cm³/mol. The Bertz CT molecular complexity index is 940. The average Bonchev–Trinajstić information content (AvgIpc) is 3.03. The van der Waals surface area contributed by atoms with Gasteiger partial charge < -0.3 is 4.90 Å². The van der Waals surface area contributed by atoms with Crippen molar-refractivity contribution in [2.24, 2.45) is 0 Å². The standard InChI is InChI=1S/C19H25N5OS/c1-6-23(7-2)15(25)12-26-18-22-21-16-13-10-8-9-11-14(13)20-17(24(16)18)19(3,4)5/h8-11H,6-7,12H2,1-5H3. The van der Waals surface area contributed by atoms with E-state index >= 15 is 0 Å². The molecule has 0 aliphatic carbocycles. The van der Waals surface area contributed by atoms with Crippen LogP contribution in [-0.4, -0.2) is 49.2 Å². The number of para-hydroxylation sites is 1. The Hall–Kier alpha value is -2.15. The van der Waals surface area contributed by atoms with E-state index in [1.54, 1.807) is 0 Å². The number of carbonyl (C=O) groups excluding carboxylic acids is 1. The minimum Gasteiger partial charge on any atom is -0.343 e. The van der Waals surface area contributed by atoms with Gasteiger partial charge >= 0.3 is 0 Å². The molecule has 0 bridgehead atoms. The summed E-state index contributed by atoms with van der Waals surface area (Å²) in [6.07, 6.45) is 0. The second-order valence-electron chi connectivity index (χ2n) is 7.20. The molecule has 7 heteroatoms. The van der Waals surface area contributed by atoms with Crippen molar-refractivity contribution in [1.82, 2.24) is 24.5 Å². The fourth-order valence-electron chi connectivity index (χ4n) is 2.95. The van der Waals surface area contributed by atoms with Gasteiger partial charge in [0.25, 0.3) is 0 Å². The third-order valence-corrected chi connectivity index (χ3v) is 5.24. The lowest BCUT2D eigenvalue weighted by Crippen LogP contribution is -2.32. The van der Waals surface area contributed by atoms with Gasteiger partial charge in [0.05, 0.1) is 11.3 Å². The summed E-state index contributed by atoms with van der Waals surface area (Å²) < 4.78 is 2.00. The first-order valence-electron chi connectivity index (χ1n) is 8.91. The van der Waals surface area contributed by atoms with E-state index in [0.717, 1.165) is 35.5 Å². The summed E-state index contributed by atoms with van der Waals surface area (Å²) in [5.41, 5.74) is 1.52. The molecular weight excluding hydrogens is 346 g/mol. The number of benzene rings is 1. The highest BCUT2D eigenvalue weighted by Crippen LogP contribution is 2.29. The summed E-state index contributed by atoms with van der Waals surface area (Å²) in [6.45, 7) is 11.8. The van der Waals surface area contributed by atoms with Crippen LogP contribution in [0.25, 0.3) is 16.6 Å². The molecule has 0 N–H and O–H groups in total. The Morgan fingerprint density at radius 2 is 1.85 bits per heavy atom. The van der Waals surface area contributed by atoms with Crippen molar-refractivity contribution in [3.8, 4) is 0 Å². The number of fused-ring (bicyclic) bond motifs is 3. The number of hydrogen-bond acceptors (Lipinski definition) is 5. The van der Waals surface area contributed by atoms with Crippen LogP contribution in [0.2, 0.25) is 0 Å². The summed E-state index contributed by atoms with van der Waals surface area (Å²) in [6, 6.07) is 7.96. The van der Waals surface area contributed by atoms with Gasteiger partial charge in [-0.2, -0.15) is 0 Å². The number of thioether (sulfide) groups is 1. The molecule has 3 aromatic rings. The van der Waals surface area contributed by atoms with E-state index < -0.39 is 0 Å². The highest BCUT2D eigenvalue weighted by molar-refractivity contribution is 7.99. The Balaban J connectivity index is 2.07. The van der Waals surface area contributed by atoms with Crippen LogP contribution in [0.15, 0.2) is 29.4 Å². The number of amides is 1. The van der Waals surface area contributed by atoms with Gasteiger partial charge in [-0.05, 0) is 26.0 Å². The van der Waals surface area contributed by atoms with Crippen LogP contribution >= 0.6 is 11.8 Å². The minimum atomic E-state index is -0.178. The fraction of sp³-hybridized carbons (Fsp3) is 0.474. The molecule has 6 nitrogen and oxygen atoms in total. The largest absolute Gasteiger partial charge is 0.343 e. The maximum Gasteiger partial charge on any atom is 0.233 e. The molecule has 0 aliphatic rings. The number of carbonyl (C=O) groups is 1. The Morgan fingerprint density at radius 3 is 2.50 bits per heavy atom. The van der Waals surface area contributed by atoms with E-state index in [1.165, 1.54) is 11.8 Å². The second kappa shape index (κ2) is 7.23. The minimum absolute atomic E-state index is 0.114. The number of rotatable bonds is 5. The molecule has 0 spiro atoms. The van der Waals surface area contributed by atoms with Crippen LogP contribution in [0.1, 0.15) is 40.4 Å². The van der Waals surface area contributed by atoms with Crippen LogP contribution in [-0.2, 0) is 10.2 Å². The maximum absolute atomic E-state index is 12.4. The third-order valence-electron chi connectivity index (χ3n) is 4.33. The molecule has 1 aromatic carbocycles. The van der Waals surface area contributed by atoms with Crippen molar-refractivity contribution in [3.63, 3.8) is 0 Å². The van der Waals surface area contributed by atoms with E-state index in [2.05, 4.69) is 31.0 Å². The van der Waals surface area contributed by atoms with Gasteiger partial charge in [0.1, 0.15) is 5.82 Å². The molecule has 0 atom stereocenters. The highest BCUT2D eigenvalue weighted by Gasteiger charge is 2.24. The molecule has 2 heterocycles. The van der Waals surface area contributed by atoms with Gasteiger partial charge in [0, 0.05) is 23.9 Å². The molecule has 26 heavy (non-hydrogen) atoms. The first kappa shape index (κ1) is 18.6. The first-order chi connectivity index (χ1) is 12.4. The van der Waals surface area contributed by atoms with Crippen LogP contribution < -0.4 is 0 Å². The monoisotopic (exact) mass is 371 g/mol. The summed E-state index contributed by atoms with van der Waals surface area (Å²) in [5, 5.41) is 10.5. The first-order valence-corrected chi connectivity index (χ1v) is 9.90. The zero-order valence-electron chi connectivity index (χ0n) is 16.0. The van der Waals surface area contributed by atoms with Gasteiger partial charge in [-0.25, -0.2) is 4.98 Å². The van der Waals surface area contributed by atoms with Gasteiger partial charge in [-0.3, -0.25) is 9.20 Å². The van der Waals surface area contributed by atoms with Crippen molar-refractivity contribution < 1.29 is 4.79 Å². The third kappa shape index (κ3) is 3.40. The van der Waals surface area contributed by atoms with Crippen molar-refractivity contribution in [2.75, 3.05) is 18.8 Å². The quantitative estimate of drug-likeness (QED) is 0.642. The maximum atomic E-state index is 12.4. The van der Waals surface area contributed by atoms with Crippen molar-refractivity contribution in [1.29, 1.82) is 0 Å². The second-order valence-corrected chi connectivity index (χ2v) is 8.14. The lowest BCUT2D eigenvalue weighted by molar-refractivity contribution is -0.127. The summed E-state index contributed by atoms with van der Waals surface area (Å²) in [5.74, 6) is 1.36. The molecule has 0 saturated carbocycles. The van der Waals surface area contributed by atoms with Gasteiger partial charge in [0.2, 0.25) is 5.91 Å². The molecule has 0 fully saturated rings. The molecule has 0 aliphatic heterocycles. The summed E-state index contributed by atoms with van der Waals surface area (Å²) in [7, 11) is 0. The molecule has 0 radical (unpaired) electrons. The molecule has 1 amide bonds. The molecular formula is C19H25N5OS. The lowest BCUT2D eigenvalue weighted by atomic mass is 9.95. The predicted octanol–water partition coefficient (Wildman–Crippen LogP) is 3.54. The fourth-order valence-corrected chi connectivity index (χ4v) is 3.79. The zero-order chi connectivity index (χ0) is 18.9. The van der Waals surface area contributed by atoms with E-state index in [-0.39, 0.29) is 11.3 Å². The molecule has 0 saturated heterocycles. The van der Waals surface area contributed by atoms with Crippen molar-refractivity contribution >= 4 is 34.2 Å². The number of hydrogen-bond donors (Lipinski definition) is 0. The van der Waals surface area contributed by atoms with Gasteiger partial charge in [-0.1, -0.05) is 44.7 Å². The smallest absolute Gasteiger partial charge is 0.233 e. The molecule has 2 aromatic heterocycles. The Labute approximate surface area is 158 Å². The normalized spacial score (nSPS) is 12.0. The van der Waals surface area contributed by atoms with Crippen LogP contribution in [0.4, 0.5) is 0 Å². The van der Waals surface area contributed by atoms with Crippen molar-refractivity contribution in [3.05, 3.63) is 30.1 Å². The zero-order valence-corrected chi connectivity index (χ0v) is 16.8. The highest BCUT2D eigenvalue weighted by atomic mass is 32.2.